The van der Waals surface area contributed by atoms with Gasteiger partial charge in [-0.2, -0.15) is 0 Å². The average molecular weight is 241 g/mol. The topological polar surface area (TPSA) is 32.7 Å². The van der Waals surface area contributed by atoms with Crippen LogP contribution in [0.2, 0.25) is 0 Å². The number of hydrogen-bond donors (Lipinski definition) is 1. The summed E-state index contributed by atoms with van der Waals surface area (Å²) in [5.74, 6) is 0.916. The molecule has 3 nitrogen and oxygen atoms in total. The van der Waals surface area contributed by atoms with Crippen LogP contribution in [0.25, 0.3) is 0 Å². The van der Waals surface area contributed by atoms with Gasteiger partial charge in [-0.25, -0.2) is 0 Å². The van der Waals surface area contributed by atoms with E-state index in [1.165, 1.54) is 32.1 Å². The summed E-state index contributed by atoms with van der Waals surface area (Å²) >= 11 is 0. The first kappa shape index (κ1) is 13.3. The molecular weight excluding hydrogens is 214 g/mol. The van der Waals surface area contributed by atoms with Crippen LogP contribution in [0, 0.1) is 5.92 Å². The third kappa shape index (κ3) is 3.43. The van der Waals surface area contributed by atoms with Crippen LogP contribution in [0.4, 0.5) is 0 Å². The highest BCUT2D eigenvalue weighted by molar-refractivity contribution is 4.85. The summed E-state index contributed by atoms with van der Waals surface area (Å²) in [5.41, 5.74) is 0. The Morgan fingerprint density at radius 3 is 2.82 bits per heavy atom. The van der Waals surface area contributed by atoms with Crippen molar-refractivity contribution >= 4 is 0 Å². The van der Waals surface area contributed by atoms with Gasteiger partial charge >= 0.3 is 0 Å². The minimum absolute atomic E-state index is 0.0285. The van der Waals surface area contributed by atoms with Crippen LogP contribution in [0.15, 0.2) is 0 Å². The maximum atomic E-state index is 9.27. The quantitative estimate of drug-likeness (QED) is 0.820. The van der Waals surface area contributed by atoms with Gasteiger partial charge in [-0.3, -0.25) is 4.90 Å². The molecule has 0 spiro atoms. The highest BCUT2D eigenvalue weighted by Crippen LogP contribution is 2.31. The molecule has 2 aliphatic rings. The van der Waals surface area contributed by atoms with Gasteiger partial charge in [0.05, 0.1) is 18.8 Å². The second-order valence-electron chi connectivity index (χ2n) is 5.80. The summed E-state index contributed by atoms with van der Waals surface area (Å²) in [7, 11) is 0. The van der Waals surface area contributed by atoms with Crippen molar-refractivity contribution in [1.82, 2.24) is 4.90 Å². The predicted octanol–water partition coefficient (Wildman–Crippen LogP) is 2.04. The molecule has 1 saturated carbocycles. The van der Waals surface area contributed by atoms with E-state index in [2.05, 4.69) is 18.7 Å². The number of morpholine rings is 1. The largest absolute Gasteiger partial charge is 0.394 e. The van der Waals surface area contributed by atoms with Gasteiger partial charge in [0.15, 0.2) is 0 Å². The molecule has 2 fully saturated rings. The molecule has 1 saturated heterocycles. The number of nitrogens with zero attached hydrogens (tertiary/aromatic N) is 1. The van der Waals surface area contributed by atoms with Crippen molar-refractivity contribution < 1.29 is 9.84 Å². The fourth-order valence-electron chi connectivity index (χ4n) is 3.44. The molecule has 2 rings (SSSR count). The maximum Gasteiger partial charge on any atom is 0.0936 e. The molecule has 0 aromatic rings. The van der Waals surface area contributed by atoms with Crippen molar-refractivity contribution in [2.45, 2.75) is 64.2 Å². The van der Waals surface area contributed by atoms with Gasteiger partial charge in [0.25, 0.3) is 0 Å². The van der Waals surface area contributed by atoms with E-state index in [9.17, 15) is 5.11 Å². The summed E-state index contributed by atoms with van der Waals surface area (Å²) < 4.78 is 5.72. The van der Waals surface area contributed by atoms with Crippen molar-refractivity contribution in [2.75, 3.05) is 19.7 Å². The van der Waals surface area contributed by atoms with E-state index in [0.717, 1.165) is 25.0 Å². The minimum Gasteiger partial charge on any atom is -0.394 e. The number of rotatable bonds is 3. The van der Waals surface area contributed by atoms with Gasteiger partial charge in [0.1, 0.15) is 0 Å². The Kier molecular flexibility index (Phi) is 4.83. The van der Waals surface area contributed by atoms with Gasteiger partial charge in [-0.1, -0.05) is 26.2 Å². The van der Waals surface area contributed by atoms with E-state index >= 15 is 0 Å². The molecule has 0 radical (unpaired) electrons. The molecule has 0 aromatic heterocycles. The number of hydrogen-bond acceptors (Lipinski definition) is 3. The van der Waals surface area contributed by atoms with E-state index in [0.29, 0.717) is 0 Å². The van der Waals surface area contributed by atoms with Crippen molar-refractivity contribution in [3.8, 4) is 0 Å². The summed E-state index contributed by atoms with van der Waals surface area (Å²) in [6, 6.07) is 0.731. The van der Waals surface area contributed by atoms with Crippen molar-refractivity contribution in [1.29, 1.82) is 0 Å². The van der Waals surface area contributed by atoms with Gasteiger partial charge in [-0.05, 0) is 25.7 Å². The van der Waals surface area contributed by atoms with E-state index in [1.54, 1.807) is 0 Å². The average Bonchev–Trinajstić information content (AvgIpc) is 2.38. The number of ether oxygens (including phenoxy) is 1. The lowest BCUT2D eigenvalue weighted by molar-refractivity contribution is -0.110. The van der Waals surface area contributed by atoms with Crippen molar-refractivity contribution in [3.05, 3.63) is 0 Å². The normalized spacial score (nSPS) is 40.4. The van der Waals surface area contributed by atoms with E-state index in [4.69, 9.17) is 4.74 Å². The zero-order valence-electron chi connectivity index (χ0n) is 11.3. The highest BCUT2D eigenvalue weighted by Gasteiger charge is 2.32. The Balaban J connectivity index is 1.91. The molecule has 1 heterocycles. The molecule has 3 heteroatoms. The first-order chi connectivity index (χ1) is 8.22. The lowest BCUT2D eigenvalue weighted by atomic mass is 9.83. The highest BCUT2D eigenvalue weighted by atomic mass is 16.5. The fraction of sp³-hybridized carbons (Fsp3) is 1.00. The second-order valence-corrected chi connectivity index (χ2v) is 5.80. The molecule has 4 unspecified atom stereocenters. The molecule has 1 aliphatic carbocycles. The number of aliphatic hydroxyl groups is 1. The van der Waals surface area contributed by atoms with Crippen LogP contribution < -0.4 is 0 Å². The third-order valence-corrected chi connectivity index (χ3v) is 4.41. The van der Waals surface area contributed by atoms with Crippen LogP contribution in [0.5, 0.6) is 0 Å². The van der Waals surface area contributed by atoms with Crippen molar-refractivity contribution in [2.24, 2.45) is 5.92 Å². The van der Waals surface area contributed by atoms with Crippen LogP contribution in [0.1, 0.15) is 46.0 Å². The summed E-state index contributed by atoms with van der Waals surface area (Å²) in [6.07, 6.45) is 7.08. The first-order valence-corrected chi connectivity index (χ1v) is 7.23. The van der Waals surface area contributed by atoms with Crippen LogP contribution in [-0.4, -0.2) is 48.0 Å². The minimum atomic E-state index is 0.0285. The Labute approximate surface area is 105 Å². The summed E-state index contributed by atoms with van der Waals surface area (Å²) in [5, 5.41) is 9.27. The fourth-order valence-corrected chi connectivity index (χ4v) is 3.44. The molecule has 0 bridgehead atoms. The SMILES string of the molecule is CCC1CCCC(N2CC(C)OC(CO)C2)C1. The number of aliphatic hydroxyl groups excluding tert-OH is 1. The monoisotopic (exact) mass is 241 g/mol. The molecular formula is C14H27NO2. The molecule has 1 aliphatic heterocycles. The van der Waals surface area contributed by atoms with E-state index in [-0.39, 0.29) is 18.8 Å². The zero-order valence-corrected chi connectivity index (χ0v) is 11.3. The third-order valence-electron chi connectivity index (χ3n) is 4.41. The Hall–Kier alpha value is -0.120. The standard InChI is InChI=1S/C14H27NO2/c1-3-12-5-4-6-13(7-12)15-8-11(2)17-14(9-15)10-16/h11-14,16H,3-10H2,1-2H3. The lowest BCUT2D eigenvalue weighted by Gasteiger charge is -2.43. The Bertz CT molecular complexity index is 234. The van der Waals surface area contributed by atoms with Gasteiger partial charge in [0, 0.05) is 19.1 Å². The zero-order chi connectivity index (χ0) is 12.3. The predicted molar refractivity (Wildman–Crippen MR) is 69.0 cm³/mol. The Morgan fingerprint density at radius 1 is 1.29 bits per heavy atom. The molecule has 1 N–H and O–H groups in total. The van der Waals surface area contributed by atoms with E-state index < -0.39 is 0 Å². The maximum absolute atomic E-state index is 9.27. The van der Waals surface area contributed by atoms with Crippen molar-refractivity contribution in [3.63, 3.8) is 0 Å². The molecule has 0 amide bonds. The second kappa shape index (κ2) is 6.17. The van der Waals surface area contributed by atoms with Crippen LogP contribution in [-0.2, 0) is 4.74 Å². The summed E-state index contributed by atoms with van der Waals surface area (Å²) in [6.45, 7) is 6.55. The molecule has 17 heavy (non-hydrogen) atoms. The van der Waals surface area contributed by atoms with Crippen LogP contribution >= 0.6 is 0 Å². The smallest absolute Gasteiger partial charge is 0.0936 e. The first-order valence-electron chi connectivity index (χ1n) is 7.23. The van der Waals surface area contributed by atoms with E-state index in [1.807, 2.05) is 0 Å². The molecule has 100 valence electrons. The Morgan fingerprint density at radius 2 is 2.12 bits per heavy atom. The molecule has 4 atom stereocenters. The summed E-state index contributed by atoms with van der Waals surface area (Å²) in [4.78, 5) is 2.57. The van der Waals surface area contributed by atoms with Gasteiger partial charge in [-0.15, -0.1) is 0 Å². The van der Waals surface area contributed by atoms with Gasteiger partial charge < -0.3 is 9.84 Å². The lowest BCUT2D eigenvalue weighted by Crippen LogP contribution is -2.52. The van der Waals surface area contributed by atoms with Crippen LogP contribution in [0.3, 0.4) is 0 Å². The van der Waals surface area contributed by atoms with Gasteiger partial charge in [0.2, 0.25) is 0 Å². The molecule has 0 aromatic carbocycles.